The molecule has 0 fully saturated rings. The van der Waals surface area contributed by atoms with Crippen molar-refractivity contribution >= 4 is 43.5 Å². The highest BCUT2D eigenvalue weighted by Gasteiger charge is 2.65. The molecule has 0 unspecified atom stereocenters. The van der Waals surface area contributed by atoms with E-state index in [9.17, 15) is 0 Å². The zero-order chi connectivity index (χ0) is 23.6. The quantitative estimate of drug-likeness (QED) is 0.436. The number of aryl methyl sites for hydroxylation is 2. The Labute approximate surface area is 190 Å². The van der Waals surface area contributed by atoms with Gasteiger partial charge >= 0.3 is 0 Å². The number of rotatable bonds is 8. The first-order valence-corrected chi connectivity index (χ1v) is 21.8. The average Bonchev–Trinajstić information content (AvgIpc) is 2.96. The summed E-state index contributed by atoms with van der Waals surface area (Å²) >= 11 is 0. The van der Waals surface area contributed by atoms with Crippen LogP contribution in [0.15, 0.2) is 22.9 Å². The van der Waals surface area contributed by atoms with Crippen LogP contribution in [0.4, 0.5) is 0 Å². The van der Waals surface area contributed by atoms with Crippen molar-refractivity contribution in [3.63, 3.8) is 0 Å². The lowest BCUT2D eigenvalue weighted by Crippen LogP contribution is -2.79. The van der Waals surface area contributed by atoms with Crippen molar-refractivity contribution in [2.75, 3.05) is 28.2 Å². The predicted molar refractivity (Wildman–Crippen MR) is 144 cm³/mol. The van der Waals surface area contributed by atoms with Gasteiger partial charge in [-0.05, 0) is 28.2 Å². The van der Waals surface area contributed by atoms with Gasteiger partial charge in [0.15, 0.2) is 0 Å². The predicted octanol–water partition coefficient (Wildman–Crippen LogP) is 2.39. The smallest absolute Gasteiger partial charge is 0.299 e. The second kappa shape index (κ2) is 7.88. The third-order valence-corrected chi connectivity index (χ3v) is 16.6. The molecular weight excluding hydrogens is 416 g/mol. The molecule has 0 radical (unpaired) electrons. The van der Waals surface area contributed by atoms with Crippen molar-refractivity contribution in [3.8, 4) is 0 Å². The molecule has 0 aliphatic carbocycles. The third kappa shape index (κ3) is 4.15. The number of aromatic nitrogens is 2. The summed E-state index contributed by atoms with van der Waals surface area (Å²) < 4.78 is 7.98. The van der Waals surface area contributed by atoms with E-state index in [0.29, 0.717) is 6.98 Å². The van der Waals surface area contributed by atoms with Gasteiger partial charge < -0.3 is 13.8 Å². The Kier molecular flexibility index (Phi) is 6.79. The van der Waals surface area contributed by atoms with Crippen LogP contribution in [0.5, 0.6) is 0 Å². The Morgan fingerprint density at radius 2 is 1.30 bits per heavy atom. The van der Waals surface area contributed by atoms with Gasteiger partial charge in [-0.3, -0.25) is 14.2 Å². The Balaban J connectivity index is 3.02. The van der Waals surface area contributed by atoms with E-state index in [-0.39, 0.29) is 0 Å². The van der Waals surface area contributed by atoms with E-state index in [1.54, 1.807) is 5.37 Å². The summed E-state index contributed by atoms with van der Waals surface area (Å²) in [4.78, 5) is 4.85. The van der Waals surface area contributed by atoms with Crippen LogP contribution in [0, 0.1) is 0 Å². The van der Waals surface area contributed by atoms with E-state index in [1.807, 2.05) is 5.10 Å². The minimum atomic E-state index is -1.64. The van der Waals surface area contributed by atoms with Crippen LogP contribution >= 0.6 is 0 Å². The zero-order valence-electron chi connectivity index (χ0n) is 22.5. The van der Waals surface area contributed by atoms with Crippen molar-refractivity contribution in [1.82, 2.24) is 18.3 Å². The normalized spacial score (nSPS) is 20.7. The van der Waals surface area contributed by atoms with Crippen LogP contribution in [-0.2, 0) is 14.1 Å². The molecule has 30 heavy (non-hydrogen) atoms. The van der Waals surface area contributed by atoms with Crippen molar-refractivity contribution in [1.29, 1.82) is 0 Å². The van der Waals surface area contributed by atoms with E-state index >= 15 is 0 Å². The first kappa shape index (κ1) is 25.9. The Morgan fingerprint density at radius 3 is 1.57 bits per heavy atom. The molecular formula is C20H47B2N5Si3. The molecule has 2 rings (SSSR count). The summed E-state index contributed by atoms with van der Waals surface area (Å²) in [5.74, 6) is 0. The molecule has 0 saturated carbocycles. The van der Waals surface area contributed by atoms with Crippen molar-refractivity contribution in [3.05, 3.63) is 22.9 Å². The van der Waals surface area contributed by atoms with Crippen LogP contribution in [0.25, 0.3) is 0 Å². The number of hydrogen-bond donors (Lipinski definition) is 0. The molecule has 0 N–H and O–H groups in total. The van der Waals surface area contributed by atoms with Crippen LogP contribution in [0.2, 0.25) is 58.9 Å². The topological polar surface area (TPSA) is 18.5 Å². The van der Waals surface area contributed by atoms with Crippen molar-refractivity contribution < 1.29 is 4.57 Å². The number of imidazole rings is 1. The third-order valence-electron chi connectivity index (χ3n) is 6.60. The maximum absolute atomic E-state index is 3.14. The molecule has 5 nitrogen and oxygen atoms in total. The molecule has 1 aromatic heterocycles. The van der Waals surface area contributed by atoms with Gasteiger partial charge in [-0.25, -0.2) is 5.37 Å². The van der Waals surface area contributed by atoms with Crippen LogP contribution < -0.4 is 10.3 Å². The lowest BCUT2D eigenvalue weighted by Gasteiger charge is -2.58. The molecule has 0 bridgehead atoms. The van der Waals surface area contributed by atoms with Gasteiger partial charge in [-0.15, -0.1) is 0 Å². The first-order valence-electron chi connectivity index (χ1n) is 11.4. The summed E-state index contributed by atoms with van der Waals surface area (Å²) in [5, 5.41) is 3.53. The monoisotopic (exact) mass is 463 g/mol. The lowest BCUT2D eigenvalue weighted by atomic mass is 9.38. The molecule has 1 aliphatic rings. The summed E-state index contributed by atoms with van der Waals surface area (Å²) in [6.07, 6.45) is 3.50. The Bertz CT molecular complexity index is 789. The molecule has 2 heterocycles. The largest absolute Gasteiger partial charge is 0.506 e. The first-order chi connectivity index (χ1) is 13.3. The van der Waals surface area contributed by atoms with Gasteiger partial charge in [-0.1, -0.05) is 58.9 Å². The van der Waals surface area contributed by atoms with Gasteiger partial charge in [-0.2, -0.15) is 0 Å². The highest BCUT2D eigenvalue weighted by atomic mass is 28.4. The molecule has 1 aliphatic heterocycles. The van der Waals surface area contributed by atoms with Gasteiger partial charge in [0.1, 0.15) is 12.4 Å². The van der Waals surface area contributed by atoms with Gasteiger partial charge in [0.2, 0.25) is 6.28 Å². The Hall–Kier alpha value is -0.389. The SMILES string of the molecule is CN(C)B(C1=C([Si](C)(C)C)[B@@-]1(c1n(C)cc[n+]1C)N([Si](C)(C)C)[Si](C)(C)C)N(C)C. The molecule has 1 atom stereocenters. The summed E-state index contributed by atoms with van der Waals surface area (Å²) in [7, 11) is 8.66. The molecule has 1 aromatic rings. The summed E-state index contributed by atoms with van der Waals surface area (Å²) in [6.45, 7) is 23.4. The standard InChI is InChI=1S/C20H47B2N5Si3/c1-23(2)21(24(3)4)18-19(28(7,8)9)22(18,20-25(5)16-17-26(20)6)27(29(10,11)12)30(13,14)15/h16-17H,1-15H3/t22-/m0/s1. The highest BCUT2D eigenvalue weighted by Crippen LogP contribution is 2.53. The molecule has 0 aromatic carbocycles. The summed E-state index contributed by atoms with van der Waals surface area (Å²) in [5.41, 5.74) is 1.50. The van der Waals surface area contributed by atoms with Gasteiger partial charge in [0, 0.05) is 8.07 Å². The van der Waals surface area contributed by atoms with Crippen LogP contribution in [0.3, 0.4) is 0 Å². The van der Waals surface area contributed by atoms with E-state index in [0.717, 1.165) is 0 Å². The van der Waals surface area contributed by atoms with E-state index in [4.69, 9.17) is 0 Å². The second-order valence-corrected chi connectivity index (χ2v) is 28.0. The fourth-order valence-electron chi connectivity index (χ4n) is 6.79. The lowest BCUT2D eigenvalue weighted by molar-refractivity contribution is -0.653. The highest BCUT2D eigenvalue weighted by molar-refractivity contribution is 7.33. The zero-order valence-corrected chi connectivity index (χ0v) is 25.5. The van der Waals surface area contributed by atoms with Crippen molar-refractivity contribution in [2.24, 2.45) is 14.1 Å². The average molecular weight is 464 g/mol. The van der Waals surface area contributed by atoms with Crippen LogP contribution in [-0.4, -0.2) is 84.3 Å². The molecule has 170 valence electrons. The Morgan fingerprint density at radius 1 is 0.867 bits per heavy atom. The van der Waals surface area contributed by atoms with Crippen molar-refractivity contribution in [2.45, 2.75) is 58.9 Å². The number of nitrogens with zero attached hydrogens (tertiary/aromatic N) is 5. The minimum Gasteiger partial charge on any atom is -0.506 e. The fourth-order valence-corrected chi connectivity index (χ4v) is 21.0. The number of hydrogen-bond acceptors (Lipinski definition) is 3. The van der Waals surface area contributed by atoms with Gasteiger partial charge in [0.25, 0.3) is 6.98 Å². The molecule has 0 saturated heterocycles. The maximum atomic E-state index is 3.14. The fraction of sp³-hybridized carbons (Fsp3) is 0.750. The van der Waals surface area contributed by atoms with Crippen LogP contribution in [0.1, 0.15) is 0 Å². The maximum Gasteiger partial charge on any atom is 0.299 e. The van der Waals surface area contributed by atoms with Gasteiger partial charge in [0.05, 0.1) is 36.3 Å². The van der Waals surface area contributed by atoms with E-state index < -0.39 is 30.8 Å². The molecule has 10 heteroatoms. The second-order valence-electron chi connectivity index (χ2n) is 12.8. The van der Waals surface area contributed by atoms with E-state index in [2.05, 4.69) is 137 Å². The molecule has 0 amide bonds. The molecule has 0 spiro atoms. The minimum absolute atomic E-state index is 0.330. The van der Waals surface area contributed by atoms with E-state index in [1.165, 1.54) is 5.72 Å². The summed E-state index contributed by atoms with van der Waals surface area (Å²) in [6, 6.07) is 0.